The maximum Gasteiger partial charge on any atom is 0.246 e. The van der Waals surface area contributed by atoms with Crippen LogP contribution in [-0.2, 0) is 22.4 Å². The van der Waals surface area contributed by atoms with Crippen molar-refractivity contribution in [2.75, 3.05) is 25.6 Å². The first kappa shape index (κ1) is 17.8. The molecule has 2 atom stereocenters. The fraction of sp³-hybridized carbons (Fsp3) is 0.300. The van der Waals surface area contributed by atoms with Crippen molar-refractivity contribution in [2.45, 2.75) is 24.9 Å². The molecule has 1 aliphatic rings. The van der Waals surface area contributed by atoms with Gasteiger partial charge >= 0.3 is 0 Å². The van der Waals surface area contributed by atoms with Gasteiger partial charge in [-0.1, -0.05) is 24.3 Å². The Balaban J connectivity index is 1.77. The van der Waals surface area contributed by atoms with Crippen molar-refractivity contribution >= 4 is 23.2 Å². The lowest BCUT2D eigenvalue weighted by Crippen LogP contribution is -2.63. The number of likely N-dealkylation sites (N-methyl/N-ethyl adjacent to an activating group) is 2. The summed E-state index contributed by atoms with van der Waals surface area (Å²) in [4.78, 5) is 28.9. The summed E-state index contributed by atoms with van der Waals surface area (Å²) in [5, 5.41) is 0. The van der Waals surface area contributed by atoms with Crippen molar-refractivity contribution < 1.29 is 9.59 Å². The standard InChI is InChI=1S/C20H24N4O2/c1-23-17(11-13-3-7-15(21)8-4-13)20(26)24(2)18(19(23)25)12-14-5-9-16(22)10-6-14/h3-10,17-18H,11-12,21-22H2,1-2H3/t17-,18-/m0/s1. The molecule has 0 bridgehead atoms. The van der Waals surface area contributed by atoms with Crippen molar-refractivity contribution in [3.05, 3.63) is 59.7 Å². The zero-order chi connectivity index (χ0) is 18.8. The first-order valence-corrected chi connectivity index (χ1v) is 8.59. The SMILES string of the molecule is CN1C(=O)[C@H](Cc2ccc(N)cc2)N(C)C(=O)[C@@H]1Cc1ccc(N)cc1. The summed E-state index contributed by atoms with van der Waals surface area (Å²) in [6.07, 6.45) is 0.945. The van der Waals surface area contributed by atoms with Crippen molar-refractivity contribution in [3.8, 4) is 0 Å². The van der Waals surface area contributed by atoms with Crippen molar-refractivity contribution in [1.29, 1.82) is 0 Å². The Labute approximate surface area is 153 Å². The predicted molar refractivity (Wildman–Crippen MR) is 102 cm³/mol. The smallest absolute Gasteiger partial charge is 0.246 e. The quantitative estimate of drug-likeness (QED) is 0.811. The zero-order valence-corrected chi connectivity index (χ0v) is 15.1. The lowest BCUT2D eigenvalue weighted by molar-refractivity contribution is -0.158. The normalized spacial score (nSPS) is 20.5. The Kier molecular flexibility index (Phi) is 4.84. The van der Waals surface area contributed by atoms with Gasteiger partial charge in [-0.2, -0.15) is 0 Å². The average Bonchev–Trinajstić information content (AvgIpc) is 2.64. The minimum atomic E-state index is -0.501. The molecule has 6 nitrogen and oxygen atoms in total. The maximum atomic E-state index is 12.9. The highest BCUT2D eigenvalue weighted by Crippen LogP contribution is 2.22. The van der Waals surface area contributed by atoms with Crippen LogP contribution < -0.4 is 11.5 Å². The number of benzene rings is 2. The summed E-state index contributed by atoms with van der Waals surface area (Å²) in [6.45, 7) is 0. The van der Waals surface area contributed by atoms with Gasteiger partial charge < -0.3 is 21.3 Å². The highest BCUT2D eigenvalue weighted by molar-refractivity contribution is 5.97. The number of carbonyl (C=O) groups is 2. The van der Waals surface area contributed by atoms with Gasteiger partial charge in [0.25, 0.3) is 0 Å². The van der Waals surface area contributed by atoms with E-state index in [-0.39, 0.29) is 11.8 Å². The van der Waals surface area contributed by atoms with Crippen LogP contribution in [0.25, 0.3) is 0 Å². The van der Waals surface area contributed by atoms with E-state index in [1.165, 1.54) is 0 Å². The predicted octanol–water partition coefficient (Wildman–Crippen LogP) is 1.30. The molecule has 2 aromatic rings. The summed E-state index contributed by atoms with van der Waals surface area (Å²) in [5.74, 6) is -0.103. The summed E-state index contributed by atoms with van der Waals surface area (Å²) in [5.41, 5.74) is 14.7. The maximum absolute atomic E-state index is 12.9. The van der Waals surface area contributed by atoms with E-state index >= 15 is 0 Å². The van der Waals surface area contributed by atoms with E-state index in [1.54, 1.807) is 48.2 Å². The van der Waals surface area contributed by atoms with E-state index < -0.39 is 12.1 Å². The van der Waals surface area contributed by atoms with E-state index in [9.17, 15) is 9.59 Å². The molecule has 0 aliphatic carbocycles. The average molecular weight is 352 g/mol. The van der Waals surface area contributed by atoms with E-state index in [0.717, 1.165) is 11.1 Å². The van der Waals surface area contributed by atoms with E-state index in [4.69, 9.17) is 11.5 Å². The minimum Gasteiger partial charge on any atom is -0.399 e. The second kappa shape index (κ2) is 7.07. The third-order valence-corrected chi connectivity index (χ3v) is 5.02. The largest absolute Gasteiger partial charge is 0.399 e. The number of piperazine rings is 1. The van der Waals surface area contributed by atoms with Crippen LogP contribution in [0.1, 0.15) is 11.1 Å². The molecule has 1 aliphatic heterocycles. The molecule has 0 unspecified atom stereocenters. The second-order valence-corrected chi connectivity index (χ2v) is 6.82. The van der Waals surface area contributed by atoms with Gasteiger partial charge in [-0.3, -0.25) is 9.59 Å². The number of hydrogen-bond acceptors (Lipinski definition) is 4. The number of nitrogen functional groups attached to an aromatic ring is 2. The number of hydrogen-bond donors (Lipinski definition) is 2. The molecule has 0 saturated carbocycles. The molecule has 4 N–H and O–H groups in total. The lowest BCUT2D eigenvalue weighted by Gasteiger charge is -2.42. The number of carbonyl (C=O) groups excluding carboxylic acids is 2. The number of nitrogens with two attached hydrogens (primary N) is 2. The molecule has 1 fully saturated rings. The summed E-state index contributed by atoms with van der Waals surface area (Å²) in [7, 11) is 3.40. The minimum absolute atomic E-state index is 0.0515. The van der Waals surface area contributed by atoms with Gasteiger partial charge in [-0.05, 0) is 35.4 Å². The number of anilines is 2. The molecule has 2 amide bonds. The summed E-state index contributed by atoms with van der Waals surface area (Å²) in [6, 6.07) is 13.8. The van der Waals surface area contributed by atoms with Crippen molar-refractivity contribution in [1.82, 2.24) is 9.80 Å². The van der Waals surface area contributed by atoms with Gasteiger partial charge in [0.1, 0.15) is 12.1 Å². The van der Waals surface area contributed by atoms with Crippen molar-refractivity contribution in [2.24, 2.45) is 0 Å². The van der Waals surface area contributed by atoms with Crippen LogP contribution in [0.15, 0.2) is 48.5 Å². The molecule has 3 rings (SSSR count). The molecule has 0 aromatic heterocycles. The van der Waals surface area contributed by atoms with E-state index in [2.05, 4.69) is 0 Å². The fourth-order valence-electron chi connectivity index (χ4n) is 3.31. The Morgan fingerprint density at radius 3 is 1.31 bits per heavy atom. The molecule has 136 valence electrons. The number of rotatable bonds is 4. The highest BCUT2D eigenvalue weighted by atomic mass is 16.2. The van der Waals surface area contributed by atoms with Crippen LogP contribution in [0.3, 0.4) is 0 Å². The fourth-order valence-corrected chi connectivity index (χ4v) is 3.31. The van der Waals surface area contributed by atoms with Crippen LogP contribution in [0.5, 0.6) is 0 Å². The Morgan fingerprint density at radius 2 is 1.00 bits per heavy atom. The Morgan fingerprint density at radius 1 is 0.692 bits per heavy atom. The van der Waals surface area contributed by atoms with Gasteiger partial charge in [0.2, 0.25) is 11.8 Å². The molecule has 6 heteroatoms. The molecule has 26 heavy (non-hydrogen) atoms. The molecule has 1 saturated heterocycles. The Hall–Kier alpha value is -3.02. The van der Waals surface area contributed by atoms with E-state index in [1.807, 2.05) is 24.3 Å². The topological polar surface area (TPSA) is 92.7 Å². The third kappa shape index (κ3) is 3.49. The highest BCUT2D eigenvalue weighted by Gasteiger charge is 2.42. The van der Waals surface area contributed by atoms with Gasteiger partial charge in [0.05, 0.1) is 0 Å². The third-order valence-electron chi connectivity index (χ3n) is 5.02. The molecule has 2 aromatic carbocycles. The zero-order valence-electron chi connectivity index (χ0n) is 15.1. The first-order valence-electron chi connectivity index (χ1n) is 8.59. The van der Waals surface area contributed by atoms with Crippen LogP contribution in [0.2, 0.25) is 0 Å². The second-order valence-electron chi connectivity index (χ2n) is 6.82. The lowest BCUT2D eigenvalue weighted by atomic mass is 9.95. The Bertz CT molecular complexity index is 732. The van der Waals surface area contributed by atoms with Crippen molar-refractivity contribution in [3.63, 3.8) is 0 Å². The van der Waals surface area contributed by atoms with Gasteiger partial charge in [-0.15, -0.1) is 0 Å². The van der Waals surface area contributed by atoms with Gasteiger partial charge in [0, 0.05) is 38.3 Å². The van der Waals surface area contributed by atoms with Crippen LogP contribution in [0, 0.1) is 0 Å². The number of nitrogens with zero attached hydrogens (tertiary/aromatic N) is 2. The summed E-state index contributed by atoms with van der Waals surface area (Å²) >= 11 is 0. The van der Waals surface area contributed by atoms with Gasteiger partial charge in [0.15, 0.2) is 0 Å². The molecule has 0 radical (unpaired) electrons. The van der Waals surface area contributed by atoms with Crippen LogP contribution in [0.4, 0.5) is 11.4 Å². The van der Waals surface area contributed by atoms with Gasteiger partial charge in [-0.25, -0.2) is 0 Å². The first-order chi connectivity index (χ1) is 12.4. The molecule has 0 spiro atoms. The summed E-state index contributed by atoms with van der Waals surface area (Å²) < 4.78 is 0. The number of amides is 2. The monoisotopic (exact) mass is 352 g/mol. The molecule has 1 heterocycles. The molecular formula is C20H24N4O2. The van der Waals surface area contributed by atoms with E-state index in [0.29, 0.717) is 24.2 Å². The van der Waals surface area contributed by atoms with Crippen LogP contribution in [-0.4, -0.2) is 47.8 Å². The van der Waals surface area contributed by atoms with Crippen LogP contribution >= 0.6 is 0 Å². The molecular weight excluding hydrogens is 328 g/mol.